The number of hydrogen-bond acceptors (Lipinski definition) is 12. The first-order valence-electron chi connectivity index (χ1n) is 20.4. The van der Waals surface area contributed by atoms with Gasteiger partial charge in [-0.3, -0.25) is 4.79 Å². The van der Waals surface area contributed by atoms with E-state index in [9.17, 15) is 4.79 Å². The Morgan fingerprint density at radius 3 is 1.50 bits per heavy atom. The highest BCUT2D eigenvalue weighted by Crippen LogP contribution is 2.44. The van der Waals surface area contributed by atoms with Crippen molar-refractivity contribution in [1.82, 2.24) is 0 Å². The summed E-state index contributed by atoms with van der Waals surface area (Å²) in [6.45, 7) is 2.29. The number of esters is 1. The average molecular weight is 833 g/mol. The fraction of sp³-hybridized carbons (Fsp3) is 0.354. The molecule has 5 aromatic carbocycles. The van der Waals surface area contributed by atoms with Crippen LogP contribution in [0, 0.1) is 0 Å². The molecular weight excluding hydrogens is 785 g/mol. The number of carbonyl (C=O) groups is 1. The van der Waals surface area contributed by atoms with Gasteiger partial charge in [0.05, 0.1) is 26.4 Å². The molecule has 0 amide bonds. The first-order chi connectivity index (χ1) is 29.6. The standard InChI is InChI=1S/C48H48O11S/c1-31(49)54-43-41(50-27-32-17-7-2-8-18-32)39-37(29-52-45(57-39)34-21-11-4-12-22-34)55-47(43)59-44-42(51-28-33-19-9-3-10-20-33)40-38(56-48(44)60-36-25-15-6-16-26-36)30-53-46(58-40)35-23-13-5-14-24-35/h2-26,37-48H,27-30H2,1H3/t37-,38-,39-,40-,41+,42+,43-,44-,45?,46?,47+,48+/m1/s1. The number of ether oxygens (including phenoxy) is 10. The SMILES string of the molecule is CC(=O)O[C@H]1[C@H](O[C@@H]2[C@@H](OCc3ccccc3)[C@@H]3OC(c4ccccc4)OC[C@H]3O[C@H]2Sc2ccccc2)O[C@@H]2COC(c3ccccc3)O[C@H]2[C@@H]1OCc1ccccc1. The molecule has 0 spiro atoms. The Balaban J connectivity index is 1.07. The fourth-order valence-electron chi connectivity index (χ4n) is 8.02. The average Bonchev–Trinajstić information content (AvgIpc) is 3.30. The van der Waals surface area contributed by atoms with Gasteiger partial charge in [0, 0.05) is 22.9 Å². The van der Waals surface area contributed by atoms with Crippen molar-refractivity contribution in [2.45, 2.75) is 98.2 Å². The highest BCUT2D eigenvalue weighted by molar-refractivity contribution is 7.99. The Labute approximate surface area is 354 Å². The Bertz CT molecular complexity index is 2080. The van der Waals surface area contributed by atoms with Crippen LogP contribution in [-0.4, -0.2) is 79.7 Å². The molecule has 0 aromatic heterocycles. The van der Waals surface area contributed by atoms with Gasteiger partial charge in [0.2, 0.25) is 0 Å². The van der Waals surface area contributed by atoms with Crippen LogP contribution >= 0.6 is 11.8 Å². The molecule has 12 atom stereocenters. The van der Waals surface area contributed by atoms with Gasteiger partial charge < -0.3 is 47.4 Å². The van der Waals surface area contributed by atoms with Crippen molar-refractivity contribution in [2.24, 2.45) is 0 Å². The van der Waals surface area contributed by atoms with Crippen molar-refractivity contribution in [3.63, 3.8) is 0 Å². The summed E-state index contributed by atoms with van der Waals surface area (Å²) in [7, 11) is 0. The maximum atomic E-state index is 13.1. The lowest BCUT2D eigenvalue weighted by molar-refractivity contribution is -0.389. The lowest BCUT2D eigenvalue weighted by Crippen LogP contribution is -2.67. The summed E-state index contributed by atoms with van der Waals surface area (Å²) >= 11 is 1.50. The maximum absolute atomic E-state index is 13.1. The quantitative estimate of drug-likeness (QED) is 0.108. The topological polar surface area (TPSA) is 109 Å². The van der Waals surface area contributed by atoms with Crippen LogP contribution in [0.15, 0.2) is 157 Å². The number of rotatable bonds is 13. The highest BCUT2D eigenvalue weighted by Gasteiger charge is 2.57. The summed E-state index contributed by atoms with van der Waals surface area (Å²) in [5.41, 5.74) is 3.00. The zero-order valence-corrected chi connectivity index (χ0v) is 33.9. The predicted molar refractivity (Wildman–Crippen MR) is 220 cm³/mol. The molecule has 4 heterocycles. The Morgan fingerprint density at radius 2 is 1.00 bits per heavy atom. The molecule has 0 radical (unpaired) electrons. The van der Waals surface area contributed by atoms with E-state index in [2.05, 4.69) is 0 Å². The van der Waals surface area contributed by atoms with E-state index >= 15 is 0 Å². The lowest BCUT2D eigenvalue weighted by atomic mass is 9.95. The summed E-state index contributed by atoms with van der Waals surface area (Å²) < 4.78 is 66.7. The Hall–Kier alpha value is -4.44. The third-order valence-corrected chi connectivity index (χ3v) is 12.0. The van der Waals surface area contributed by atoms with E-state index in [1.165, 1.54) is 18.7 Å². The van der Waals surface area contributed by atoms with Crippen molar-refractivity contribution >= 4 is 17.7 Å². The molecular formula is C48H48O11S. The molecule has 4 saturated heterocycles. The largest absolute Gasteiger partial charge is 0.454 e. The van der Waals surface area contributed by atoms with E-state index in [4.69, 9.17) is 47.4 Å². The second kappa shape index (κ2) is 19.5. The monoisotopic (exact) mass is 832 g/mol. The molecule has 4 aliphatic heterocycles. The summed E-state index contributed by atoms with van der Waals surface area (Å²) in [4.78, 5) is 14.0. The van der Waals surface area contributed by atoms with Crippen molar-refractivity contribution in [2.75, 3.05) is 13.2 Å². The minimum absolute atomic E-state index is 0.170. The smallest absolute Gasteiger partial charge is 0.303 e. The minimum atomic E-state index is -1.16. The Kier molecular flexibility index (Phi) is 13.3. The maximum Gasteiger partial charge on any atom is 0.303 e. The third kappa shape index (κ3) is 9.69. The zero-order valence-electron chi connectivity index (χ0n) is 33.1. The molecule has 0 saturated carbocycles. The van der Waals surface area contributed by atoms with Gasteiger partial charge in [0.25, 0.3) is 0 Å². The molecule has 0 bridgehead atoms. The van der Waals surface area contributed by atoms with E-state index in [0.29, 0.717) is 0 Å². The van der Waals surface area contributed by atoms with Gasteiger partial charge in [-0.2, -0.15) is 0 Å². The summed E-state index contributed by atoms with van der Waals surface area (Å²) in [5, 5.41) is 0. The van der Waals surface area contributed by atoms with E-state index in [1.54, 1.807) is 0 Å². The zero-order chi connectivity index (χ0) is 40.7. The van der Waals surface area contributed by atoms with Crippen LogP contribution in [0.1, 0.15) is 41.8 Å². The number of carbonyl (C=O) groups excluding carboxylic acids is 1. The number of fused-ring (bicyclic) bond motifs is 2. The number of thioether (sulfide) groups is 1. The van der Waals surface area contributed by atoms with Gasteiger partial charge in [-0.15, -0.1) is 0 Å². The summed E-state index contributed by atoms with van der Waals surface area (Å²) in [6.07, 6.45) is -8.38. The molecule has 9 rings (SSSR count). The lowest BCUT2D eigenvalue weighted by Gasteiger charge is -2.52. The molecule has 60 heavy (non-hydrogen) atoms. The molecule has 0 N–H and O–H groups in total. The first kappa shape index (κ1) is 40.9. The minimum Gasteiger partial charge on any atom is -0.454 e. The summed E-state index contributed by atoms with van der Waals surface area (Å²) in [6, 6.07) is 49.2. The Morgan fingerprint density at radius 1 is 0.550 bits per heavy atom. The van der Waals surface area contributed by atoms with Crippen LogP contribution in [-0.2, 0) is 65.4 Å². The van der Waals surface area contributed by atoms with E-state index in [-0.39, 0.29) is 26.4 Å². The van der Waals surface area contributed by atoms with Crippen LogP contribution < -0.4 is 0 Å². The van der Waals surface area contributed by atoms with Gasteiger partial charge in [0.1, 0.15) is 48.2 Å². The first-order valence-corrected chi connectivity index (χ1v) is 21.2. The van der Waals surface area contributed by atoms with Crippen LogP contribution in [0.25, 0.3) is 0 Å². The predicted octanol–water partition coefficient (Wildman–Crippen LogP) is 7.94. The van der Waals surface area contributed by atoms with Crippen LogP contribution in [0.3, 0.4) is 0 Å². The van der Waals surface area contributed by atoms with Gasteiger partial charge in [-0.05, 0) is 23.3 Å². The molecule has 4 fully saturated rings. The molecule has 312 valence electrons. The van der Waals surface area contributed by atoms with Gasteiger partial charge in [0.15, 0.2) is 25.0 Å². The van der Waals surface area contributed by atoms with Gasteiger partial charge in [-0.25, -0.2) is 0 Å². The van der Waals surface area contributed by atoms with Crippen molar-refractivity contribution < 1.29 is 52.2 Å². The van der Waals surface area contributed by atoms with Crippen LogP contribution in [0.2, 0.25) is 0 Å². The fourth-order valence-corrected chi connectivity index (χ4v) is 9.15. The normalized spacial score (nSPS) is 31.4. The van der Waals surface area contributed by atoms with Crippen molar-refractivity contribution in [3.8, 4) is 0 Å². The van der Waals surface area contributed by atoms with E-state index in [1.807, 2.05) is 152 Å². The van der Waals surface area contributed by atoms with Gasteiger partial charge in [-0.1, -0.05) is 151 Å². The van der Waals surface area contributed by atoms with Crippen molar-refractivity contribution in [3.05, 3.63) is 174 Å². The van der Waals surface area contributed by atoms with Crippen LogP contribution in [0.4, 0.5) is 0 Å². The molecule has 0 aliphatic carbocycles. The third-order valence-electron chi connectivity index (χ3n) is 10.9. The van der Waals surface area contributed by atoms with E-state index < -0.39 is 79.1 Å². The molecule has 4 aliphatic rings. The van der Waals surface area contributed by atoms with E-state index in [0.717, 1.165) is 27.1 Å². The van der Waals surface area contributed by atoms with Crippen molar-refractivity contribution in [1.29, 1.82) is 0 Å². The second-order valence-corrected chi connectivity index (χ2v) is 16.2. The summed E-state index contributed by atoms with van der Waals surface area (Å²) in [5.74, 6) is -0.527. The van der Waals surface area contributed by atoms with Gasteiger partial charge >= 0.3 is 5.97 Å². The highest BCUT2D eigenvalue weighted by atomic mass is 32.2. The number of hydrogen-bond donors (Lipinski definition) is 0. The van der Waals surface area contributed by atoms with Crippen LogP contribution in [0.5, 0.6) is 0 Å². The second-order valence-electron chi connectivity index (χ2n) is 15.1. The molecule has 12 heteroatoms. The molecule has 2 unspecified atom stereocenters. The molecule has 5 aromatic rings. The number of benzene rings is 5. The molecule has 11 nitrogen and oxygen atoms in total.